The normalized spacial score (nSPS) is 12.4. The molecule has 0 aliphatic rings. The van der Waals surface area contributed by atoms with Crippen molar-refractivity contribution < 1.29 is 44.3 Å². The SMILES string of the molecule is CCCCC/C=C\C/C=C\CCCCCCCC(=O)N[C@@H](CC(C)C)C(=O)[O-].[Na+]. The predicted molar refractivity (Wildman–Crippen MR) is 116 cm³/mol. The number of hydrogen-bond donors (Lipinski definition) is 1. The summed E-state index contributed by atoms with van der Waals surface area (Å²) < 4.78 is 0. The number of nitrogens with one attached hydrogen (secondary N) is 1. The van der Waals surface area contributed by atoms with Crippen molar-refractivity contribution in [3.63, 3.8) is 0 Å². The second-order valence-corrected chi connectivity index (χ2v) is 8.05. The molecule has 0 aromatic carbocycles. The Morgan fingerprint density at radius 3 is 1.97 bits per heavy atom. The number of carboxylic acid groups (broad SMARTS) is 1. The monoisotopic (exact) mass is 415 g/mol. The van der Waals surface area contributed by atoms with Crippen LogP contribution in [-0.2, 0) is 9.59 Å². The number of rotatable bonds is 18. The van der Waals surface area contributed by atoms with Crippen molar-refractivity contribution in [2.75, 3.05) is 0 Å². The van der Waals surface area contributed by atoms with Crippen molar-refractivity contribution >= 4 is 11.9 Å². The summed E-state index contributed by atoms with van der Waals surface area (Å²) in [6.45, 7) is 6.10. The molecule has 4 nitrogen and oxygen atoms in total. The van der Waals surface area contributed by atoms with E-state index in [4.69, 9.17) is 0 Å². The summed E-state index contributed by atoms with van der Waals surface area (Å²) >= 11 is 0. The van der Waals surface area contributed by atoms with Gasteiger partial charge in [0.15, 0.2) is 0 Å². The first-order valence-electron chi connectivity index (χ1n) is 11.3. The van der Waals surface area contributed by atoms with Gasteiger partial charge in [0, 0.05) is 6.42 Å². The van der Waals surface area contributed by atoms with Crippen molar-refractivity contribution in [1.29, 1.82) is 0 Å². The largest absolute Gasteiger partial charge is 1.00 e. The Bertz CT molecular complexity index is 461. The summed E-state index contributed by atoms with van der Waals surface area (Å²) in [5, 5.41) is 13.6. The summed E-state index contributed by atoms with van der Waals surface area (Å²) in [5.74, 6) is -1.17. The van der Waals surface area contributed by atoms with Gasteiger partial charge in [0.2, 0.25) is 5.91 Å². The number of carbonyl (C=O) groups excluding carboxylic acids is 2. The van der Waals surface area contributed by atoms with Gasteiger partial charge in [-0.2, -0.15) is 0 Å². The third-order valence-corrected chi connectivity index (χ3v) is 4.68. The van der Waals surface area contributed by atoms with Crippen molar-refractivity contribution in [3.05, 3.63) is 24.3 Å². The third kappa shape index (κ3) is 21.9. The van der Waals surface area contributed by atoms with Gasteiger partial charge >= 0.3 is 29.6 Å². The Kier molecular flexibility index (Phi) is 23.3. The molecule has 1 amide bonds. The molecule has 29 heavy (non-hydrogen) atoms. The van der Waals surface area contributed by atoms with Crippen LogP contribution in [0.25, 0.3) is 0 Å². The summed E-state index contributed by atoms with van der Waals surface area (Å²) in [5.41, 5.74) is 0. The summed E-state index contributed by atoms with van der Waals surface area (Å²) in [7, 11) is 0. The van der Waals surface area contributed by atoms with Gasteiger partial charge in [-0.05, 0) is 50.9 Å². The van der Waals surface area contributed by atoms with Crippen molar-refractivity contribution in [3.8, 4) is 0 Å². The third-order valence-electron chi connectivity index (χ3n) is 4.68. The Balaban J connectivity index is 0. The van der Waals surface area contributed by atoms with Crippen LogP contribution >= 0.6 is 0 Å². The van der Waals surface area contributed by atoms with Gasteiger partial charge in [0.1, 0.15) is 0 Å². The van der Waals surface area contributed by atoms with Crippen LogP contribution in [0.5, 0.6) is 0 Å². The number of amides is 1. The molecule has 0 spiro atoms. The molecule has 0 aromatic heterocycles. The van der Waals surface area contributed by atoms with Gasteiger partial charge in [0.25, 0.3) is 0 Å². The molecule has 162 valence electrons. The number of carboxylic acids is 1. The molecule has 0 aliphatic carbocycles. The van der Waals surface area contributed by atoms with Crippen LogP contribution in [0.4, 0.5) is 0 Å². The Labute approximate surface area is 201 Å². The van der Waals surface area contributed by atoms with Gasteiger partial charge in [0.05, 0.1) is 12.0 Å². The van der Waals surface area contributed by atoms with Crippen molar-refractivity contribution in [2.45, 2.75) is 110 Å². The maximum atomic E-state index is 11.9. The van der Waals surface area contributed by atoms with Crippen LogP contribution in [-0.4, -0.2) is 17.9 Å². The van der Waals surface area contributed by atoms with Crippen LogP contribution in [0, 0.1) is 5.92 Å². The van der Waals surface area contributed by atoms with Gasteiger partial charge in [-0.1, -0.05) is 77.2 Å². The minimum Gasteiger partial charge on any atom is -0.548 e. The fourth-order valence-electron chi connectivity index (χ4n) is 3.05. The second kappa shape index (κ2) is 22.1. The first-order valence-corrected chi connectivity index (χ1v) is 11.3. The maximum Gasteiger partial charge on any atom is 1.00 e. The Morgan fingerprint density at radius 2 is 1.41 bits per heavy atom. The van der Waals surface area contributed by atoms with Gasteiger partial charge < -0.3 is 15.2 Å². The average Bonchev–Trinajstić information content (AvgIpc) is 2.64. The number of hydrogen-bond acceptors (Lipinski definition) is 3. The number of carbonyl (C=O) groups is 2. The van der Waals surface area contributed by atoms with E-state index in [9.17, 15) is 14.7 Å². The zero-order valence-corrected chi connectivity index (χ0v) is 21.4. The second-order valence-electron chi connectivity index (χ2n) is 8.05. The molecule has 0 fully saturated rings. The summed E-state index contributed by atoms with van der Waals surface area (Å²) in [4.78, 5) is 22.9. The maximum absolute atomic E-state index is 11.9. The average molecular weight is 416 g/mol. The fraction of sp³-hybridized carbons (Fsp3) is 0.750. The van der Waals surface area contributed by atoms with Crippen molar-refractivity contribution in [2.24, 2.45) is 5.92 Å². The molecule has 1 atom stereocenters. The minimum atomic E-state index is -1.19. The van der Waals surface area contributed by atoms with E-state index >= 15 is 0 Å². The Morgan fingerprint density at radius 1 is 0.862 bits per heavy atom. The van der Waals surface area contributed by atoms with E-state index in [1.165, 1.54) is 38.5 Å². The predicted octanol–water partition coefficient (Wildman–Crippen LogP) is 2.08. The van der Waals surface area contributed by atoms with Crippen molar-refractivity contribution in [1.82, 2.24) is 5.32 Å². The summed E-state index contributed by atoms with van der Waals surface area (Å²) in [6, 6.07) is -0.870. The number of aliphatic carboxylic acids is 1. The number of unbranched alkanes of at least 4 members (excludes halogenated alkanes) is 8. The molecule has 0 heterocycles. The van der Waals surface area contributed by atoms with Gasteiger partial charge in [-0.25, -0.2) is 0 Å². The fourth-order valence-corrected chi connectivity index (χ4v) is 3.05. The molecule has 0 bridgehead atoms. The van der Waals surface area contributed by atoms with E-state index in [0.717, 1.165) is 32.1 Å². The molecule has 0 radical (unpaired) electrons. The standard InChI is InChI=1S/C24H43NO3.Na/c1-4-5-6-7-8-9-10-11-12-13-14-15-16-17-18-19-23(26)25-22(24(27)28)20-21(2)3;/h8-9,11-12,21-22H,4-7,10,13-20H2,1-3H3,(H,25,26)(H,27,28);/q;+1/p-1/b9-8-,12-11-;/t22-;/m0./s1. The minimum absolute atomic E-state index is 0. The van der Waals surface area contributed by atoms with Crippen LogP contribution < -0.4 is 40.0 Å². The van der Waals surface area contributed by atoms with Gasteiger partial charge in [-0.3, -0.25) is 4.79 Å². The molecule has 0 aliphatic heterocycles. The topological polar surface area (TPSA) is 69.2 Å². The summed E-state index contributed by atoms with van der Waals surface area (Å²) in [6.07, 6.45) is 22.4. The molecule has 5 heteroatoms. The van der Waals surface area contributed by atoms with E-state index in [1.54, 1.807) is 0 Å². The first-order chi connectivity index (χ1) is 13.5. The molecular formula is C24H42NNaO3. The van der Waals surface area contributed by atoms with Crippen LogP contribution in [0.15, 0.2) is 24.3 Å². The molecule has 0 saturated heterocycles. The van der Waals surface area contributed by atoms with E-state index in [1.807, 2.05) is 13.8 Å². The van der Waals surface area contributed by atoms with Crippen LogP contribution in [0.2, 0.25) is 0 Å². The molecular weight excluding hydrogens is 373 g/mol. The number of allylic oxidation sites excluding steroid dienone is 4. The van der Waals surface area contributed by atoms with E-state index in [0.29, 0.717) is 12.8 Å². The molecule has 0 saturated carbocycles. The molecule has 0 rings (SSSR count). The van der Waals surface area contributed by atoms with Gasteiger partial charge in [-0.15, -0.1) is 0 Å². The smallest absolute Gasteiger partial charge is 0.548 e. The zero-order valence-electron chi connectivity index (χ0n) is 19.4. The van der Waals surface area contributed by atoms with Crippen LogP contribution in [0.3, 0.4) is 0 Å². The Hall–Kier alpha value is -0.580. The first kappa shape index (κ1) is 30.6. The van der Waals surface area contributed by atoms with Crippen LogP contribution in [0.1, 0.15) is 104 Å². The molecule has 1 N–H and O–H groups in total. The van der Waals surface area contributed by atoms with E-state index in [2.05, 4.69) is 36.5 Å². The van der Waals surface area contributed by atoms with E-state index < -0.39 is 12.0 Å². The molecule has 0 aromatic rings. The van der Waals surface area contributed by atoms with E-state index in [-0.39, 0.29) is 41.4 Å². The molecule has 0 unspecified atom stereocenters. The quantitative estimate of drug-likeness (QED) is 0.212. The zero-order chi connectivity index (χ0) is 21.0.